The number of phenols is 2. The first kappa shape index (κ1) is 13.3. The number of ether oxygens (including phenoxy) is 1. The number of hydrogen-bond acceptors (Lipinski definition) is 5. The maximum Gasteiger partial charge on any atom is 0.322 e. The number of hydrogen-bond donors (Lipinski definition) is 3. The Morgan fingerprint density at radius 3 is 2.53 bits per heavy atom. The van der Waals surface area contributed by atoms with Crippen LogP contribution < -0.4 is 5.32 Å². The van der Waals surface area contributed by atoms with E-state index in [9.17, 15) is 15.0 Å². The third kappa shape index (κ3) is 3.35. The molecule has 0 aliphatic carbocycles. The van der Waals surface area contributed by atoms with Crippen LogP contribution in [0.15, 0.2) is 18.2 Å². The highest BCUT2D eigenvalue weighted by Crippen LogP contribution is 2.27. The topological polar surface area (TPSA) is 78.8 Å². The van der Waals surface area contributed by atoms with Crippen molar-refractivity contribution >= 4 is 5.97 Å². The second-order valence-electron chi connectivity index (χ2n) is 3.88. The largest absolute Gasteiger partial charge is 0.508 e. The Labute approximate surface area is 100 Å². The van der Waals surface area contributed by atoms with Crippen LogP contribution in [0.1, 0.15) is 25.5 Å². The monoisotopic (exact) mass is 239 g/mol. The molecule has 0 heterocycles. The molecule has 94 valence electrons. The van der Waals surface area contributed by atoms with Crippen LogP contribution >= 0.6 is 0 Å². The molecule has 1 aromatic carbocycles. The van der Waals surface area contributed by atoms with Crippen LogP contribution in [0.2, 0.25) is 0 Å². The standard InChI is InChI=1S/C12H17NO4/c1-7(13-8(2)12(16)17-3)10-5-4-9(14)6-11(10)15/h4-8,13-15H,1-3H3. The van der Waals surface area contributed by atoms with Crippen molar-refractivity contribution in [2.24, 2.45) is 0 Å². The molecule has 0 aliphatic heterocycles. The third-order valence-corrected chi connectivity index (χ3v) is 2.54. The van der Waals surface area contributed by atoms with Gasteiger partial charge in [-0.05, 0) is 19.9 Å². The molecule has 0 saturated carbocycles. The molecule has 0 amide bonds. The average Bonchev–Trinajstić information content (AvgIpc) is 2.27. The third-order valence-electron chi connectivity index (χ3n) is 2.54. The molecule has 0 saturated heterocycles. The lowest BCUT2D eigenvalue weighted by molar-refractivity contribution is -0.142. The summed E-state index contributed by atoms with van der Waals surface area (Å²) in [6, 6.07) is 3.64. The molecule has 0 radical (unpaired) electrons. The van der Waals surface area contributed by atoms with Crippen LogP contribution in [0.3, 0.4) is 0 Å². The fraction of sp³-hybridized carbons (Fsp3) is 0.417. The zero-order valence-electron chi connectivity index (χ0n) is 10.1. The van der Waals surface area contributed by atoms with Gasteiger partial charge < -0.3 is 14.9 Å². The summed E-state index contributed by atoms with van der Waals surface area (Å²) < 4.78 is 4.59. The summed E-state index contributed by atoms with van der Waals surface area (Å²) in [5, 5.41) is 21.8. The van der Waals surface area contributed by atoms with Gasteiger partial charge in [-0.1, -0.05) is 6.07 Å². The molecule has 3 N–H and O–H groups in total. The Kier molecular flexibility index (Phi) is 4.34. The van der Waals surface area contributed by atoms with Gasteiger partial charge in [0.25, 0.3) is 0 Å². The number of phenolic OH excluding ortho intramolecular Hbond substituents is 2. The Balaban J connectivity index is 2.76. The van der Waals surface area contributed by atoms with Crippen LogP contribution in [0, 0.1) is 0 Å². The van der Waals surface area contributed by atoms with E-state index in [1.807, 2.05) is 6.92 Å². The maximum absolute atomic E-state index is 11.2. The number of nitrogens with one attached hydrogen (secondary N) is 1. The van der Waals surface area contributed by atoms with E-state index in [2.05, 4.69) is 10.1 Å². The van der Waals surface area contributed by atoms with Crippen molar-refractivity contribution in [1.82, 2.24) is 5.32 Å². The van der Waals surface area contributed by atoms with Crippen LogP contribution in [-0.2, 0) is 9.53 Å². The predicted molar refractivity (Wildman–Crippen MR) is 62.8 cm³/mol. The van der Waals surface area contributed by atoms with Crippen molar-refractivity contribution in [3.05, 3.63) is 23.8 Å². The van der Waals surface area contributed by atoms with Gasteiger partial charge in [0.1, 0.15) is 17.5 Å². The minimum absolute atomic E-state index is 0.000494. The van der Waals surface area contributed by atoms with E-state index in [1.54, 1.807) is 13.0 Å². The van der Waals surface area contributed by atoms with Gasteiger partial charge in [0, 0.05) is 17.7 Å². The summed E-state index contributed by atoms with van der Waals surface area (Å²) in [5.74, 6) is -0.378. The summed E-state index contributed by atoms with van der Waals surface area (Å²) in [6.07, 6.45) is 0. The average molecular weight is 239 g/mol. The number of benzene rings is 1. The van der Waals surface area contributed by atoms with Gasteiger partial charge in [-0.3, -0.25) is 10.1 Å². The fourth-order valence-electron chi connectivity index (χ4n) is 1.61. The van der Waals surface area contributed by atoms with E-state index in [0.29, 0.717) is 5.56 Å². The summed E-state index contributed by atoms with van der Waals surface area (Å²) in [5.41, 5.74) is 0.610. The number of carbonyl (C=O) groups is 1. The van der Waals surface area contributed by atoms with Crippen molar-refractivity contribution in [1.29, 1.82) is 0 Å². The van der Waals surface area contributed by atoms with E-state index in [-0.39, 0.29) is 23.5 Å². The van der Waals surface area contributed by atoms with E-state index < -0.39 is 6.04 Å². The first-order valence-corrected chi connectivity index (χ1v) is 5.31. The maximum atomic E-state index is 11.2. The van der Waals surface area contributed by atoms with Crippen LogP contribution in [0.25, 0.3) is 0 Å². The second kappa shape index (κ2) is 5.54. The van der Waals surface area contributed by atoms with Crippen molar-refractivity contribution in [3.63, 3.8) is 0 Å². The lowest BCUT2D eigenvalue weighted by Crippen LogP contribution is -2.36. The first-order valence-electron chi connectivity index (χ1n) is 5.31. The van der Waals surface area contributed by atoms with Gasteiger partial charge in [-0.2, -0.15) is 0 Å². The molecule has 0 spiro atoms. The van der Waals surface area contributed by atoms with E-state index in [4.69, 9.17) is 0 Å². The van der Waals surface area contributed by atoms with Gasteiger partial charge in [0.2, 0.25) is 0 Å². The first-order chi connectivity index (χ1) is 7.95. The molecule has 2 atom stereocenters. The quantitative estimate of drug-likeness (QED) is 0.690. The van der Waals surface area contributed by atoms with Crippen LogP contribution in [-0.4, -0.2) is 29.3 Å². The lowest BCUT2D eigenvalue weighted by Gasteiger charge is -2.19. The molecule has 0 aliphatic rings. The molecule has 0 bridgehead atoms. The molecule has 0 aromatic heterocycles. The van der Waals surface area contributed by atoms with Crippen molar-refractivity contribution < 1.29 is 19.7 Å². The van der Waals surface area contributed by atoms with Crippen molar-refractivity contribution in [2.75, 3.05) is 7.11 Å². The van der Waals surface area contributed by atoms with Gasteiger partial charge in [-0.15, -0.1) is 0 Å². The second-order valence-corrected chi connectivity index (χ2v) is 3.88. The summed E-state index contributed by atoms with van der Waals surface area (Å²) in [4.78, 5) is 11.2. The fourth-order valence-corrected chi connectivity index (χ4v) is 1.61. The Hall–Kier alpha value is -1.75. The molecule has 5 heteroatoms. The highest BCUT2D eigenvalue weighted by atomic mass is 16.5. The number of carbonyl (C=O) groups excluding carboxylic acids is 1. The molecular weight excluding hydrogens is 222 g/mol. The van der Waals surface area contributed by atoms with E-state index in [1.165, 1.54) is 19.2 Å². The zero-order chi connectivity index (χ0) is 13.0. The van der Waals surface area contributed by atoms with Gasteiger partial charge >= 0.3 is 5.97 Å². The summed E-state index contributed by atoms with van der Waals surface area (Å²) in [7, 11) is 1.32. The Morgan fingerprint density at radius 2 is 2.00 bits per heavy atom. The van der Waals surface area contributed by atoms with Crippen molar-refractivity contribution in [2.45, 2.75) is 25.9 Å². The van der Waals surface area contributed by atoms with E-state index >= 15 is 0 Å². The molecule has 5 nitrogen and oxygen atoms in total. The normalized spacial score (nSPS) is 14.1. The number of esters is 1. The van der Waals surface area contributed by atoms with Gasteiger partial charge in [0.15, 0.2) is 0 Å². The van der Waals surface area contributed by atoms with E-state index in [0.717, 1.165) is 0 Å². The lowest BCUT2D eigenvalue weighted by atomic mass is 10.1. The highest BCUT2D eigenvalue weighted by Gasteiger charge is 2.18. The number of rotatable bonds is 4. The van der Waals surface area contributed by atoms with Gasteiger partial charge in [0.05, 0.1) is 7.11 Å². The summed E-state index contributed by atoms with van der Waals surface area (Å²) >= 11 is 0. The number of methoxy groups -OCH3 is 1. The minimum atomic E-state index is -0.469. The molecular formula is C12H17NO4. The molecule has 0 fully saturated rings. The zero-order valence-corrected chi connectivity index (χ0v) is 10.1. The molecule has 1 rings (SSSR count). The molecule has 1 aromatic rings. The SMILES string of the molecule is COC(=O)C(C)NC(C)c1ccc(O)cc1O. The molecule has 17 heavy (non-hydrogen) atoms. The number of aromatic hydroxyl groups is 2. The highest BCUT2D eigenvalue weighted by molar-refractivity contribution is 5.75. The predicted octanol–water partition coefficient (Wildman–Crippen LogP) is 1.31. The summed E-state index contributed by atoms with van der Waals surface area (Å²) in [6.45, 7) is 3.49. The Bertz CT molecular complexity index is 405. The van der Waals surface area contributed by atoms with Crippen LogP contribution in [0.4, 0.5) is 0 Å². The molecule has 2 unspecified atom stereocenters. The van der Waals surface area contributed by atoms with Gasteiger partial charge in [-0.25, -0.2) is 0 Å². The minimum Gasteiger partial charge on any atom is -0.508 e. The van der Waals surface area contributed by atoms with Crippen LogP contribution in [0.5, 0.6) is 11.5 Å². The smallest absolute Gasteiger partial charge is 0.322 e. The van der Waals surface area contributed by atoms with Crippen molar-refractivity contribution in [3.8, 4) is 11.5 Å². The Morgan fingerprint density at radius 1 is 1.35 bits per heavy atom.